The number of rotatable bonds is 4. The van der Waals surface area contributed by atoms with Crippen LogP contribution in [0.4, 0.5) is 10.5 Å². The van der Waals surface area contributed by atoms with Crippen molar-refractivity contribution in [3.05, 3.63) is 57.5 Å². The first-order valence-corrected chi connectivity index (χ1v) is 11.5. The van der Waals surface area contributed by atoms with Gasteiger partial charge in [-0.25, -0.2) is 0 Å². The second-order valence-electron chi connectivity index (χ2n) is 7.70. The van der Waals surface area contributed by atoms with Gasteiger partial charge in [-0.2, -0.15) is 0 Å². The van der Waals surface area contributed by atoms with Crippen LogP contribution >= 0.6 is 23.4 Å². The van der Waals surface area contributed by atoms with Gasteiger partial charge in [-0.3, -0.25) is 14.5 Å². The number of thioether (sulfide) groups is 1. The van der Waals surface area contributed by atoms with Gasteiger partial charge in [-0.15, -0.1) is 0 Å². The van der Waals surface area contributed by atoms with Crippen molar-refractivity contribution in [2.75, 3.05) is 24.8 Å². The van der Waals surface area contributed by atoms with Crippen LogP contribution in [0.15, 0.2) is 41.3 Å². The molecule has 8 heteroatoms. The van der Waals surface area contributed by atoms with Gasteiger partial charge in [-0.1, -0.05) is 23.7 Å². The molecule has 0 N–H and O–H groups in total. The lowest BCUT2D eigenvalue weighted by Gasteiger charge is -2.28. The fourth-order valence-corrected chi connectivity index (χ4v) is 5.02. The fraction of sp³-hybridized carbons (Fsp3) is 0.304. The molecule has 2 amide bonds. The zero-order chi connectivity index (χ0) is 21.4. The molecule has 3 heterocycles. The third-order valence-electron chi connectivity index (χ3n) is 5.66. The van der Waals surface area contributed by atoms with Crippen LogP contribution in [0.3, 0.4) is 0 Å². The first kappa shape index (κ1) is 20.3. The maximum atomic E-state index is 12.9. The predicted molar refractivity (Wildman–Crippen MR) is 122 cm³/mol. The Balaban J connectivity index is 1.31. The van der Waals surface area contributed by atoms with Crippen molar-refractivity contribution in [2.24, 2.45) is 0 Å². The minimum Gasteiger partial charge on any atom is -0.454 e. The van der Waals surface area contributed by atoms with E-state index in [-0.39, 0.29) is 24.5 Å². The number of fused-ring (bicyclic) bond motifs is 1. The van der Waals surface area contributed by atoms with Crippen molar-refractivity contribution >= 4 is 46.3 Å². The normalized spacial score (nSPS) is 19.6. The van der Waals surface area contributed by atoms with Crippen LogP contribution < -0.4 is 14.4 Å². The summed E-state index contributed by atoms with van der Waals surface area (Å²) in [5.41, 5.74) is 2.73. The Morgan fingerprint density at radius 3 is 2.45 bits per heavy atom. The van der Waals surface area contributed by atoms with Crippen LogP contribution in [-0.2, 0) is 11.3 Å². The fourth-order valence-electron chi connectivity index (χ4n) is 3.97. The highest BCUT2D eigenvalue weighted by atomic mass is 35.5. The molecule has 3 aliphatic rings. The van der Waals surface area contributed by atoms with E-state index in [1.807, 2.05) is 12.1 Å². The van der Waals surface area contributed by atoms with Crippen molar-refractivity contribution < 1.29 is 19.1 Å². The van der Waals surface area contributed by atoms with Crippen LogP contribution in [-0.4, -0.2) is 35.9 Å². The standard InChI is InChI=1S/C23H21ClN2O4S/c24-18-12-20-19(29-14-30-20)11-16(18)13-26-22(27)21(31-23(26)28)10-15-4-6-17(7-5-15)25-8-2-1-3-9-25/h4-7,10-12H,1-3,8-9,13-14H2/b21-10-. The summed E-state index contributed by atoms with van der Waals surface area (Å²) < 4.78 is 10.7. The van der Waals surface area contributed by atoms with E-state index in [1.165, 1.54) is 29.8 Å². The Bertz CT molecular complexity index is 1060. The number of ether oxygens (including phenoxy) is 2. The third kappa shape index (κ3) is 4.12. The number of imide groups is 1. The Morgan fingerprint density at radius 1 is 1.00 bits per heavy atom. The highest BCUT2D eigenvalue weighted by Gasteiger charge is 2.35. The van der Waals surface area contributed by atoms with Crippen molar-refractivity contribution in [3.63, 3.8) is 0 Å². The lowest BCUT2D eigenvalue weighted by Crippen LogP contribution is -2.29. The molecular weight excluding hydrogens is 436 g/mol. The van der Waals surface area contributed by atoms with Gasteiger partial charge in [-0.05, 0) is 66.4 Å². The molecule has 0 radical (unpaired) electrons. The monoisotopic (exact) mass is 456 g/mol. The highest BCUT2D eigenvalue weighted by Crippen LogP contribution is 2.39. The average molecular weight is 457 g/mol. The van der Waals surface area contributed by atoms with Crippen LogP contribution in [0.25, 0.3) is 6.08 Å². The summed E-state index contributed by atoms with van der Waals surface area (Å²) in [4.78, 5) is 29.4. The van der Waals surface area contributed by atoms with Crippen LogP contribution in [0.1, 0.15) is 30.4 Å². The number of carbonyl (C=O) groups is 2. The number of hydrogen-bond donors (Lipinski definition) is 0. The Labute approximate surface area is 189 Å². The second kappa shape index (κ2) is 8.48. The van der Waals surface area contributed by atoms with Gasteiger partial charge in [0.05, 0.1) is 11.4 Å². The number of piperidine rings is 1. The molecule has 2 saturated heterocycles. The number of hydrogen-bond acceptors (Lipinski definition) is 6. The summed E-state index contributed by atoms with van der Waals surface area (Å²) in [7, 11) is 0. The quantitative estimate of drug-likeness (QED) is 0.582. The molecule has 2 fully saturated rings. The minimum absolute atomic E-state index is 0.0887. The SMILES string of the molecule is O=C1S/C(=C\c2ccc(N3CCCCC3)cc2)C(=O)N1Cc1cc2c(cc1Cl)OCO2. The summed E-state index contributed by atoms with van der Waals surface area (Å²) in [6, 6.07) is 11.5. The predicted octanol–water partition coefficient (Wildman–Crippen LogP) is 5.30. The van der Waals surface area contributed by atoms with Crippen LogP contribution in [0.2, 0.25) is 5.02 Å². The molecule has 3 aliphatic heterocycles. The zero-order valence-electron chi connectivity index (χ0n) is 16.8. The van der Waals surface area contributed by atoms with Crippen molar-refractivity contribution in [2.45, 2.75) is 25.8 Å². The summed E-state index contributed by atoms with van der Waals surface area (Å²) >= 11 is 7.27. The van der Waals surface area contributed by atoms with E-state index in [0.717, 1.165) is 30.4 Å². The van der Waals surface area contributed by atoms with Gasteiger partial charge in [0, 0.05) is 29.9 Å². The van der Waals surface area contributed by atoms with Crippen molar-refractivity contribution in [1.82, 2.24) is 4.90 Å². The first-order chi connectivity index (χ1) is 15.1. The lowest BCUT2D eigenvalue weighted by atomic mass is 10.1. The minimum atomic E-state index is -0.316. The Kier molecular flexibility index (Phi) is 5.54. The number of anilines is 1. The third-order valence-corrected chi connectivity index (χ3v) is 6.91. The van der Waals surface area contributed by atoms with Crippen molar-refractivity contribution in [1.29, 1.82) is 0 Å². The largest absolute Gasteiger partial charge is 0.454 e. The highest BCUT2D eigenvalue weighted by molar-refractivity contribution is 8.18. The number of amides is 2. The summed E-state index contributed by atoms with van der Waals surface area (Å²) in [5.74, 6) is 0.815. The molecule has 0 bridgehead atoms. The molecule has 0 spiro atoms. The molecule has 0 saturated carbocycles. The van der Waals surface area contributed by atoms with Gasteiger partial charge < -0.3 is 14.4 Å². The number of halogens is 1. The second-order valence-corrected chi connectivity index (χ2v) is 9.10. The van der Waals surface area contributed by atoms with E-state index < -0.39 is 0 Å². The topological polar surface area (TPSA) is 59.1 Å². The van der Waals surface area contributed by atoms with Gasteiger partial charge in [0.2, 0.25) is 6.79 Å². The van der Waals surface area contributed by atoms with Crippen molar-refractivity contribution in [3.8, 4) is 11.5 Å². The van der Waals surface area contributed by atoms with E-state index in [9.17, 15) is 9.59 Å². The molecule has 5 rings (SSSR count). The maximum absolute atomic E-state index is 12.9. The summed E-state index contributed by atoms with van der Waals surface area (Å²) in [6.07, 6.45) is 5.51. The van der Waals surface area contributed by atoms with Gasteiger partial charge in [0.1, 0.15) is 0 Å². The summed E-state index contributed by atoms with van der Waals surface area (Å²) in [6.45, 7) is 2.39. The summed E-state index contributed by atoms with van der Waals surface area (Å²) in [5, 5.41) is 0.121. The van der Waals surface area contributed by atoms with E-state index >= 15 is 0 Å². The number of nitrogens with zero attached hydrogens (tertiary/aromatic N) is 2. The smallest absolute Gasteiger partial charge is 0.293 e. The van der Waals surface area contributed by atoms with E-state index in [0.29, 0.717) is 27.0 Å². The van der Waals surface area contributed by atoms with E-state index in [4.69, 9.17) is 21.1 Å². The van der Waals surface area contributed by atoms with Gasteiger partial charge in [0.25, 0.3) is 11.1 Å². The molecule has 31 heavy (non-hydrogen) atoms. The van der Waals surface area contributed by atoms with Gasteiger partial charge >= 0.3 is 0 Å². The molecule has 0 aliphatic carbocycles. The van der Waals surface area contributed by atoms with Crippen LogP contribution in [0, 0.1) is 0 Å². The van der Waals surface area contributed by atoms with Gasteiger partial charge in [0.15, 0.2) is 11.5 Å². The Morgan fingerprint density at radius 2 is 1.71 bits per heavy atom. The Hall–Kier alpha value is -2.64. The molecule has 160 valence electrons. The van der Waals surface area contributed by atoms with E-state index in [1.54, 1.807) is 18.2 Å². The molecule has 0 atom stereocenters. The van der Waals surface area contributed by atoms with Crippen LogP contribution in [0.5, 0.6) is 11.5 Å². The molecule has 2 aromatic carbocycles. The number of benzene rings is 2. The molecular formula is C23H21ClN2O4S. The van der Waals surface area contributed by atoms with E-state index in [2.05, 4.69) is 17.0 Å². The molecule has 6 nitrogen and oxygen atoms in total. The average Bonchev–Trinajstić information content (AvgIpc) is 3.34. The molecule has 0 aromatic heterocycles. The molecule has 2 aromatic rings. The lowest BCUT2D eigenvalue weighted by molar-refractivity contribution is -0.123. The number of carbonyl (C=O) groups excluding carboxylic acids is 2. The maximum Gasteiger partial charge on any atom is 0.293 e. The molecule has 0 unspecified atom stereocenters. The first-order valence-electron chi connectivity index (χ1n) is 10.3. The zero-order valence-corrected chi connectivity index (χ0v) is 18.4.